The van der Waals surface area contributed by atoms with E-state index < -0.39 is 25.8 Å². The van der Waals surface area contributed by atoms with Gasteiger partial charge in [-0.15, -0.1) is 0 Å². The average Bonchev–Trinajstić information content (AvgIpc) is 3.33. The molecule has 0 heterocycles. The molecule has 158 valence electrons. The molecule has 0 N–H and O–H groups in total. The van der Waals surface area contributed by atoms with E-state index in [2.05, 4.69) is 98.0 Å². The zero-order valence-electron chi connectivity index (χ0n) is 18.3. The van der Waals surface area contributed by atoms with Crippen LogP contribution in [0.1, 0.15) is 22.3 Å². The SMILES string of the molecule is C[Si](C)=[Zr+2]([c]1cccc2c1Cc1ccccc1-2)[c]1cccc2c1Cc1ccccc1-2.[Cl-].[Cl-]. The predicted octanol–water partition coefficient (Wildman–Crippen LogP) is -0.343. The van der Waals surface area contributed by atoms with Crippen molar-refractivity contribution in [1.29, 1.82) is 0 Å². The number of benzene rings is 4. The van der Waals surface area contributed by atoms with E-state index in [0.29, 0.717) is 0 Å². The monoisotopic (exact) mass is 548 g/mol. The summed E-state index contributed by atoms with van der Waals surface area (Å²) in [6.07, 6.45) is 2.24. The molecule has 0 spiro atoms. The molecule has 4 heteroatoms. The molecule has 4 aromatic carbocycles. The topological polar surface area (TPSA) is 0 Å². The van der Waals surface area contributed by atoms with Crippen LogP contribution in [0.5, 0.6) is 0 Å². The number of hydrogen-bond acceptors (Lipinski definition) is 0. The van der Waals surface area contributed by atoms with E-state index >= 15 is 0 Å². The van der Waals surface area contributed by atoms with Crippen molar-refractivity contribution in [3.05, 3.63) is 107 Å². The van der Waals surface area contributed by atoms with Crippen molar-refractivity contribution in [2.75, 3.05) is 0 Å². The molecule has 0 saturated carbocycles. The molecule has 0 bridgehead atoms. The standard InChI is InChI=1S/2C13H9.C2H6Si.2ClH.Zr/c2*1-3-7-12-10(5-1)9-11-6-2-4-8-13(11)12;1-3-2;;;/h2*1-5,7-8H,9H2;1-2H3;2*1H;/q;;;;;+2/p-2. The molecular weight excluding hydrogens is 527 g/mol. The molecule has 0 nitrogen and oxygen atoms in total. The van der Waals surface area contributed by atoms with Crippen molar-refractivity contribution < 1.29 is 45.2 Å². The second kappa shape index (κ2) is 9.43. The van der Waals surface area contributed by atoms with Gasteiger partial charge in [0.2, 0.25) is 0 Å². The Morgan fingerprint density at radius 1 is 0.531 bits per heavy atom. The van der Waals surface area contributed by atoms with Crippen molar-refractivity contribution in [2.45, 2.75) is 25.9 Å². The van der Waals surface area contributed by atoms with Gasteiger partial charge in [-0.1, -0.05) is 0 Å². The number of halogens is 2. The first-order chi connectivity index (χ1) is 14.7. The van der Waals surface area contributed by atoms with Gasteiger partial charge in [0.1, 0.15) is 0 Å². The third kappa shape index (κ3) is 3.70. The Labute approximate surface area is 211 Å². The molecule has 0 unspecified atom stereocenters. The normalized spacial score (nSPS) is 11.7. The molecule has 0 aliphatic heterocycles. The maximum absolute atomic E-state index is 2.57. The van der Waals surface area contributed by atoms with Gasteiger partial charge in [0.15, 0.2) is 0 Å². The van der Waals surface area contributed by atoms with Crippen LogP contribution in [-0.2, 0) is 33.2 Å². The van der Waals surface area contributed by atoms with Crippen molar-refractivity contribution in [3.8, 4) is 22.3 Å². The number of fused-ring (bicyclic) bond motifs is 6. The van der Waals surface area contributed by atoms with Gasteiger partial charge in [-0.25, -0.2) is 0 Å². The molecule has 2 aliphatic rings. The Hall–Kier alpha value is -1.44. The van der Waals surface area contributed by atoms with E-state index in [0.717, 1.165) is 12.8 Å². The number of hydrogen-bond donors (Lipinski definition) is 0. The summed E-state index contributed by atoms with van der Waals surface area (Å²) in [5, 5.41) is 0. The molecule has 0 aromatic heterocycles. The Bertz CT molecular complexity index is 1270. The molecule has 0 radical (unpaired) electrons. The molecule has 0 saturated heterocycles. The van der Waals surface area contributed by atoms with Crippen LogP contribution in [0.2, 0.25) is 13.1 Å². The zero-order chi connectivity index (χ0) is 20.2. The maximum atomic E-state index is 2.57. The van der Waals surface area contributed by atoms with Crippen molar-refractivity contribution >= 4 is 12.0 Å². The van der Waals surface area contributed by atoms with E-state index in [-0.39, 0.29) is 24.8 Å². The summed E-state index contributed by atoms with van der Waals surface area (Å²) in [7, 11) is 0. The van der Waals surface area contributed by atoms with Crippen LogP contribution >= 0.6 is 0 Å². The van der Waals surface area contributed by atoms with Gasteiger partial charge in [-0.2, -0.15) is 0 Å². The molecule has 6 rings (SSSR count). The van der Waals surface area contributed by atoms with E-state index in [1.54, 1.807) is 17.7 Å². The van der Waals surface area contributed by atoms with Gasteiger partial charge >= 0.3 is 188 Å². The van der Waals surface area contributed by atoms with Crippen LogP contribution in [0.25, 0.3) is 22.3 Å². The summed E-state index contributed by atoms with van der Waals surface area (Å²) in [6.45, 7) is 5.14. The summed E-state index contributed by atoms with van der Waals surface area (Å²) in [5.41, 5.74) is 11.8. The van der Waals surface area contributed by atoms with Crippen LogP contribution in [0.15, 0.2) is 84.9 Å². The van der Waals surface area contributed by atoms with Gasteiger partial charge < -0.3 is 24.8 Å². The second-order valence-corrected chi connectivity index (χ2v) is 25.5. The number of rotatable bonds is 2. The van der Waals surface area contributed by atoms with Crippen molar-refractivity contribution in [1.82, 2.24) is 0 Å². The molecule has 32 heavy (non-hydrogen) atoms. The van der Waals surface area contributed by atoms with E-state index in [9.17, 15) is 0 Å². The minimum absolute atomic E-state index is 0. The Balaban J connectivity index is 0.00000122. The molecular formula is C28H24Cl2SiZr. The fourth-order valence-corrected chi connectivity index (χ4v) is 21.8. The zero-order valence-corrected chi connectivity index (χ0v) is 23.2. The Kier molecular flexibility index (Phi) is 6.99. The summed E-state index contributed by atoms with van der Waals surface area (Å²) in [6, 6.07) is 32.4. The van der Waals surface area contributed by atoms with E-state index in [4.69, 9.17) is 0 Å². The molecule has 4 aromatic rings. The first kappa shape index (κ1) is 23.7. The van der Waals surface area contributed by atoms with Gasteiger partial charge in [0.25, 0.3) is 0 Å². The van der Waals surface area contributed by atoms with E-state index in [1.807, 2.05) is 0 Å². The van der Waals surface area contributed by atoms with E-state index in [1.165, 1.54) is 33.4 Å². The first-order valence-electron chi connectivity index (χ1n) is 10.8. The molecule has 2 aliphatic carbocycles. The fraction of sp³-hybridized carbons (Fsp3) is 0.143. The minimum Gasteiger partial charge on any atom is -1.00 e. The maximum Gasteiger partial charge on any atom is -1.00 e. The summed E-state index contributed by atoms with van der Waals surface area (Å²) >= 11 is -2.02. The Morgan fingerprint density at radius 3 is 1.38 bits per heavy atom. The minimum atomic E-state index is -2.02. The average molecular weight is 551 g/mol. The smallest absolute Gasteiger partial charge is 1.00 e. The van der Waals surface area contributed by atoms with Crippen LogP contribution in [0.3, 0.4) is 0 Å². The van der Waals surface area contributed by atoms with Crippen molar-refractivity contribution in [3.63, 3.8) is 0 Å². The summed E-state index contributed by atoms with van der Waals surface area (Å²) in [4.78, 5) is 0. The van der Waals surface area contributed by atoms with Gasteiger partial charge in [-0.3, -0.25) is 0 Å². The van der Waals surface area contributed by atoms with Crippen LogP contribution in [0.4, 0.5) is 0 Å². The molecule has 0 amide bonds. The second-order valence-electron chi connectivity index (χ2n) is 8.71. The van der Waals surface area contributed by atoms with Crippen LogP contribution < -0.4 is 31.4 Å². The van der Waals surface area contributed by atoms with Crippen LogP contribution in [0, 0.1) is 0 Å². The third-order valence-corrected chi connectivity index (χ3v) is 23.3. The Morgan fingerprint density at radius 2 is 0.938 bits per heavy atom. The first-order valence-corrected chi connectivity index (χ1v) is 19.5. The molecule has 0 fully saturated rings. The predicted molar refractivity (Wildman–Crippen MR) is 126 cm³/mol. The quantitative estimate of drug-likeness (QED) is 0.259. The largest absolute Gasteiger partial charge is 1.00 e. The van der Waals surface area contributed by atoms with Crippen LogP contribution in [-0.4, -0.2) is 5.43 Å². The molecule has 0 atom stereocenters. The van der Waals surface area contributed by atoms with Gasteiger partial charge in [0.05, 0.1) is 0 Å². The van der Waals surface area contributed by atoms with Gasteiger partial charge in [-0.05, 0) is 0 Å². The van der Waals surface area contributed by atoms with Gasteiger partial charge in [0, 0.05) is 0 Å². The fourth-order valence-electron chi connectivity index (χ4n) is 5.47. The summed E-state index contributed by atoms with van der Waals surface area (Å²) in [5.74, 6) is 0. The van der Waals surface area contributed by atoms with Crippen molar-refractivity contribution in [2.24, 2.45) is 0 Å². The summed E-state index contributed by atoms with van der Waals surface area (Å²) < 4.78 is 3.52. The third-order valence-electron chi connectivity index (χ3n) is 6.74.